The molecule has 2 aromatic rings. The number of nitrogens with zero attached hydrogens (tertiary/aromatic N) is 3. The summed E-state index contributed by atoms with van der Waals surface area (Å²) < 4.78 is 0. The number of fused-ring (bicyclic) bond motifs is 1. The van der Waals surface area contributed by atoms with Gasteiger partial charge in [-0.05, 0) is 63.1 Å². The molecule has 3 N–H and O–H groups in total. The van der Waals surface area contributed by atoms with E-state index in [0.717, 1.165) is 55.6 Å². The van der Waals surface area contributed by atoms with Crippen LogP contribution in [0.2, 0.25) is 5.02 Å². The molecule has 1 unspecified atom stereocenters. The highest BCUT2D eigenvalue weighted by atomic mass is 35.5. The van der Waals surface area contributed by atoms with Gasteiger partial charge in [-0.1, -0.05) is 56.8 Å². The molecule has 10 heteroatoms. The number of halogens is 1. The van der Waals surface area contributed by atoms with Gasteiger partial charge in [0.15, 0.2) is 0 Å². The van der Waals surface area contributed by atoms with Crippen molar-refractivity contribution in [1.29, 1.82) is 0 Å². The van der Waals surface area contributed by atoms with Crippen molar-refractivity contribution in [3.63, 3.8) is 0 Å². The van der Waals surface area contributed by atoms with E-state index in [1.807, 2.05) is 44.7 Å². The number of likely N-dealkylation sites (tertiary alicyclic amines) is 1. The molecule has 3 amide bonds. The average molecular weight is 639 g/mol. The summed E-state index contributed by atoms with van der Waals surface area (Å²) in [6.45, 7) is 9.73. The Balaban J connectivity index is 0.00000226. The van der Waals surface area contributed by atoms with Crippen molar-refractivity contribution >= 4 is 29.3 Å². The molecule has 0 radical (unpaired) electrons. The Morgan fingerprint density at radius 2 is 1.67 bits per heavy atom. The van der Waals surface area contributed by atoms with Crippen molar-refractivity contribution in [2.45, 2.75) is 110 Å². The van der Waals surface area contributed by atoms with Crippen LogP contribution in [0.3, 0.4) is 0 Å². The van der Waals surface area contributed by atoms with Crippen molar-refractivity contribution < 1.29 is 14.4 Å². The van der Waals surface area contributed by atoms with E-state index in [1.54, 1.807) is 24.5 Å². The maximum atomic E-state index is 14.1. The van der Waals surface area contributed by atoms with Gasteiger partial charge >= 0.3 is 0 Å². The van der Waals surface area contributed by atoms with E-state index in [-0.39, 0.29) is 36.2 Å². The first-order valence-electron chi connectivity index (χ1n) is 16.9. The fraction of sp³-hybridized carbons (Fsp3) is 0.629. The standard InChI is InChI=1S/C33H45ClN6O3.C2H6/c1-22(2)38-32(43)33(24-6-4-3-5-7-24)13-18-40(19-14-33)31(42)28(20-23-8-10-25(34)11-9-23)39-29(41)21-27-30-26(12-15-35-27)36-16-17-37-30;1-2/h8-11,16-17,22,24,27-28,35H,3-7,12-15,18-21H2,1-2H3,(H,38,43)(H,39,41);1-2H3/t27?,28-;/m1./s1. The van der Waals surface area contributed by atoms with E-state index in [2.05, 4.69) is 25.9 Å². The van der Waals surface area contributed by atoms with Crippen LogP contribution in [0.25, 0.3) is 0 Å². The van der Waals surface area contributed by atoms with E-state index >= 15 is 0 Å². The summed E-state index contributed by atoms with van der Waals surface area (Å²) in [6, 6.07) is 6.47. The number of carbonyl (C=O) groups is 3. The van der Waals surface area contributed by atoms with Crippen LogP contribution in [0.4, 0.5) is 0 Å². The molecule has 0 spiro atoms. The van der Waals surface area contributed by atoms with E-state index in [9.17, 15) is 14.4 Å². The summed E-state index contributed by atoms with van der Waals surface area (Å²) in [5.41, 5.74) is 2.17. The predicted molar refractivity (Wildman–Crippen MR) is 178 cm³/mol. The maximum Gasteiger partial charge on any atom is 0.245 e. The summed E-state index contributed by atoms with van der Waals surface area (Å²) in [4.78, 5) is 51.9. The Labute approximate surface area is 273 Å². The Hall–Kier alpha value is -3.04. The number of nitrogens with one attached hydrogen (secondary N) is 3. The van der Waals surface area contributed by atoms with Crippen LogP contribution in [0, 0.1) is 11.3 Å². The number of hydrogen-bond donors (Lipinski definition) is 3. The highest BCUT2D eigenvalue weighted by molar-refractivity contribution is 6.30. The summed E-state index contributed by atoms with van der Waals surface area (Å²) >= 11 is 6.12. The largest absolute Gasteiger partial charge is 0.353 e. The Kier molecular flexibility index (Phi) is 12.8. The molecule has 3 aliphatic rings. The van der Waals surface area contributed by atoms with Crippen LogP contribution < -0.4 is 16.0 Å². The highest BCUT2D eigenvalue weighted by Crippen LogP contribution is 2.46. The number of aromatic nitrogens is 2. The maximum absolute atomic E-state index is 14.1. The normalized spacial score (nSPS) is 20.3. The molecule has 5 rings (SSSR count). The highest BCUT2D eigenvalue weighted by Gasteiger charge is 2.48. The molecule has 2 aliphatic heterocycles. The molecule has 3 heterocycles. The van der Waals surface area contributed by atoms with Crippen molar-refractivity contribution in [2.75, 3.05) is 19.6 Å². The number of hydrogen-bond acceptors (Lipinski definition) is 6. The van der Waals surface area contributed by atoms with Gasteiger partial charge in [-0.2, -0.15) is 0 Å². The molecule has 2 atom stereocenters. The van der Waals surface area contributed by atoms with Gasteiger partial charge in [0.25, 0.3) is 0 Å². The van der Waals surface area contributed by atoms with Gasteiger partial charge in [-0.15, -0.1) is 0 Å². The molecule has 1 aromatic carbocycles. The molecular weight excluding hydrogens is 588 g/mol. The van der Waals surface area contributed by atoms with Gasteiger partial charge in [0.1, 0.15) is 6.04 Å². The Bertz CT molecular complexity index is 1270. The molecule has 1 aromatic heterocycles. The number of carbonyl (C=O) groups excluding carboxylic acids is 3. The smallest absolute Gasteiger partial charge is 0.245 e. The molecular formula is C35H51ClN6O3. The zero-order valence-corrected chi connectivity index (χ0v) is 28.2. The number of piperidine rings is 1. The molecule has 45 heavy (non-hydrogen) atoms. The lowest BCUT2D eigenvalue weighted by atomic mass is 9.63. The summed E-state index contributed by atoms with van der Waals surface area (Å²) in [6.07, 6.45) is 11.6. The topological polar surface area (TPSA) is 116 Å². The van der Waals surface area contributed by atoms with Gasteiger partial charge in [-0.3, -0.25) is 24.4 Å². The summed E-state index contributed by atoms with van der Waals surface area (Å²) in [5.74, 6) is 0.154. The van der Waals surface area contributed by atoms with Gasteiger partial charge in [0.2, 0.25) is 17.7 Å². The van der Waals surface area contributed by atoms with Gasteiger partial charge < -0.3 is 20.9 Å². The van der Waals surface area contributed by atoms with Crippen LogP contribution in [-0.2, 0) is 27.2 Å². The number of rotatable bonds is 9. The van der Waals surface area contributed by atoms with E-state index in [4.69, 9.17) is 11.6 Å². The van der Waals surface area contributed by atoms with E-state index in [0.29, 0.717) is 43.3 Å². The van der Waals surface area contributed by atoms with Crippen molar-refractivity contribution in [1.82, 2.24) is 30.8 Å². The van der Waals surface area contributed by atoms with Crippen LogP contribution in [0.5, 0.6) is 0 Å². The Morgan fingerprint density at radius 1 is 1.00 bits per heavy atom. The lowest BCUT2D eigenvalue weighted by molar-refractivity contribution is -0.146. The second-order valence-corrected chi connectivity index (χ2v) is 13.2. The second-order valence-electron chi connectivity index (χ2n) is 12.7. The Morgan fingerprint density at radius 3 is 2.33 bits per heavy atom. The van der Waals surface area contributed by atoms with E-state index in [1.165, 1.54) is 6.42 Å². The quantitative estimate of drug-likeness (QED) is 0.349. The number of benzene rings is 1. The lowest BCUT2D eigenvalue weighted by Crippen LogP contribution is -2.57. The van der Waals surface area contributed by atoms with Crippen molar-refractivity contribution in [2.24, 2.45) is 11.3 Å². The summed E-state index contributed by atoms with van der Waals surface area (Å²) in [7, 11) is 0. The second kappa shape index (κ2) is 16.5. The third-order valence-electron chi connectivity index (χ3n) is 9.49. The zero-order valence-electron chi connectivity index (χ0n) is 27.4. The minimum absolute atomic E-state index is 0.0724. The van der Waals surface area contributed by atoms with Crippen LogP contribution in [-0.4, -0.2) is 64.3 Å². The van der Waals surface area contributed by atoms with E-state index < -0.39 is 11.5 Å². The fourth-order valence-corrected chi connectivity index (χ4v) is 7.34. The monoisotopic (exact) mass is 638 g/mol. The molecule has 1 saturated carbocycles. The minimum atomic E-state index is -0.731. The van der Waals surface area contributed by atoms with Crippen molar-refractivity contribution in [3.8, 4) is 0 Å². The van der Waals surface area contributed by atoms with Crippen LogP contribution in [0.15, 0.2) is 36.7 Å². The first-order valence-corrected chi connectivity index (χ1v) is 17.3. The minimum Gasteiger partial charge on any atom is -0.353 e. The molecule has 0 bridgehead atoms. The average Bonchev–Trinajstić information content (AvgIpc) is 3.06. The van der Waals surface area contributed by atoms with Gasteiger partial charge in [-0.25, -0.2) is 0 Å². The molecule has 1 aliphatic carbocycles. The first kappa shape index (κ1) is 34.8. The number of amides is 3. The molecule has 246 valence electrons. The lowest BCUT2D eigenvalue weighted by Gasteiger charge is -2.47. The predicted octanol–water partition coefficient (Wildman–Crippen LogP) is 5.17. The van der Waals surface area contributed by atoms with Crippen molar-refractivity contribution in [3.05, 3.63) is 58.6 Å². The molecule has 9 nitrogen and oxygen atoms in total. The van der Waals surface area contributed by atoms with Gasteiger partial charge in [0, 0.05) is 62.4 Å². The van der Waals surface area contributed by atoms with Gasteiger partial charge in [0.05, 0.1) is 22.8 Å². The molecule has 2 fully saturated rings. The fourth-order valence-electron chi connectivity index (χ4n) is 7.21. The summed E-state index contributed by atoms with van der Waals surface area (Å²) in [5, 5.41) is 10.3. The SMILES string of the molecule is CC.CC(C)NC(=O)C1(C2CCCCC2)CCN(C(=O)[C@@H](Cc2ccc(Cl)cc2)NC(=O)CC2NCCc3nccnc32)CC1. The van der Waals surface area contributed by atoms with Crippen LogP contribution in [0.1, 0.15) is 102 Å². The molecule has 1 saturated heterocycles. The third-order valence-corrected chi connectivity index (χ3v) is 9.74. The zero-order chi connectivity index (χ0) is 32.4. The third kappa shape index (κ3) is 8.82. The van der Waals surface area contributed by atoms with Crippen LogP contribution >= 0.6 is 11.6 Å². The first-order chi connectivity index (χ1) is 21.7.